The van der Waals surface area contributed by atoms with E-state index >= 15 is 0 Å². The Morgan fingerprint density at radius 2 is 2.00 bits per heavy atom. The number of halogens is 1. The van der Waals surface area contributed by atoms with Crippen LogP contribution < -0.4 is 10.6 Å². The Hall–Kier alpha value is -2.50. The van der Waals surface area contributed by atoms with Crippen molar-refractivity contribution in [2.75, 3.05) is 5.32 Å². The molecule has 0 saturated carbocycles. The first-order chi connectivity index (χ1) is 11.3. The van der Waals surface area contributed by atoms with Crippen LogP contribution in [0.4, 0.5) is 10.1 Å². The van der Waals surface area contributed by atoms with Crippen molar-refractivity contribution in [3.63, 3.8) is 0 Å². The maximum absolute atomic E-state index is 13.7. The molecule has 5 nitrogen and oxygen atoms in total. The molecule has 1 aliphatic heterocycles. The molecule has 1 saturated heterocycles. The Bertz CT molecular complexity index is 754. The monoisotopic (exact) mass is 330 g/mol. The molecular formula is C18H19FN2O3. The highest BCUT2D eigenvalue weighted by atomic mass is 19.1. The average Bonchev–Trinajstić information content (AvgIpc) is 2.46. The van der Waals surface area contributed by atoms with Gasteiger partial charge in [0.25, 0.3) is 0 Å². The molecule has 0 spiro atoms. The number of fused-ring (bicyclic) bond motifs is 1. The predicted molar refractivity (Wildman–Crippen MR) is 86.3 cm³/mol. The Morgan fingerprint density at radius 3 is 2.71 bits per heavy atom. The number of benzene rings is 1. The lowest BCUT2D eigenvalue weighted by molar-refractivity contribution is -0.136. The standard InChI is InChI=1S/C18H19FN2O3/c1-18(2)8-13-16(14(22)9-18)10(7-15(23)20-13)17(24)21-12-6-4-3-5-11(12)19/h3-6,8,10,16H,7,9H2,1-2H3,(H,20,23)(H,21,24)/t10-,16-/m0/s1. The predicted octanol–water partition coefficient (Wildman–Crippen LogP) is 2.40. The summed E-state index contributed by atoms with van der Waals surface area (Å²) in [6, 6.07) is 5.81. The summed E-state index contributed by atoms with van der Waals surface area (Å²) in [5, 5.41) is 5.21. The Kier molecular flexibility index (Phi) is 3.99. The number of para-hydroxylation sites is 1. The number of allylic oxidation sites excluding steroid dienone is 2. The van der Waals surface area contributed by atoms with Crippen LogP contribution in [-0.2, 0) is 14.4 Å². The van der Waals surface area contributed by atoms with Crippen molar-refractivity contribution in [1.29, 1.82) is 0 Å². The molecule has 2 amide bonds. The summed E-state index contributed by atoms with van der Waals surface area (Å²) in [5.41, 5.74) is 0.170. The van der Waals surface area contributed by atoms with Gasteiger partial charge in [-0.2, -0.15) is 0 Å². The number of nitrogens with one attached hydrogen (secondary N) is 2. The van der Waals surface area contributed by atoms with Gasteiger partial charge in [-0.05, 0) is 17.5 Å². The van der Waals surface area contributed by atoms with Gasteiger partial charge in [-0.25, -0.2) is 4.39 Å². The third kappa shape index (κ3) is 3.09. The number of hydrogen-bond acceptors (Lipinski definition) is 3. The molecule has 0 unspecified atom stereocenters. The van der Waals surface area contributed by atoms with Gasteiger partial charge in [-0.15, -0.1) is 0 Å². The number of carbonyl (C=O) groups is 3. The van der Waals surface area contributed by atoms with E-state index in [1.807, 2.05) is 19.9 Å². The molecule has 0 bridgehead atoms. The molecule has 3 rings (SSSR count). The van der Waals surface area contributed by atoms with Gasteiger partial charge in [-0.1, -0.05) is 32.1 Å². The first-order valence-electron chi connectivity index (χ1n) is 7.87. The molecule has 2 aliphatic rings. The lowest BCUT2D eigenvalue weighted by atomic mass is 9.69. The molecule has 2 atom stereocenters. The van der Waals surface area contributed by atoms with Gasteiger partial charge < -0.3 is 10.6 Å². The second kappa shape index (κ2) is 5.85. The van der Waals surface area contributed by atoms with Crippen molar-refractivity contribution in [2.45, 2.75) is 26.7 Å². The maximum Gasteiger partial charge on any atom is 0.229 e. The van der Waals surface area contributed by atoms with Gasteiger partial charge in [0, 0.05) is 18.5 Å². The number of amides is 2. The van der Waals surface area contributed by atoms with Crippen LogP contribution in [-0.4, -0.2) is 17.6 Å². The summed E-state index contributed by atoms with van der Waals surface area (Å²) in [6.07, 6.45) is 2.06. The highest BCUT2D eigenvalue weighted by molar-refractivity contribution is 6.02. The first kappa shape index (κ1) is 16.4. The van der Waals surface area contributed by atoms with Crippen LogP contribution in [0.5, 0.6) is 0 Å². The van der Waals surface area contributed by atoms with Crippen LogP contribution in [0.3, 0.4) is 0 Å². The van der Waals surface area contributed by atoms with Crippen LogP contribution in [0.15, 0.2) is 36.0 Å². The van der Waals surface area contributed by atoms with Crippen molar-refractivity contribution in [1.82, 2.24) is 5.32 Å². The number of anilines is 1. The SMILES string of the molecule is CC1(C)C=C2NC(=O)C[C@H](C(=O)Nc3ccccc3F)[C@@H]2C(=O)C1. The normalized spacial score (nSPS) is 25.4. The summed E-state index contributed by atoms with van der Waals surface area (Å²) in [7, 11) is 0. The fourth-order valence-electron chi connectivity index (χ4n) is 3.41. The second-order valence-corrected chi connectivity index (χ2v) is 7.04. The fourth-order valence-corrected chi connectivity index (χ4v) is 3.41. The Balaban J connectivity index is 1.89. The lowest BCUT2D eigenvalue weighted by Gasteiger charge is -2.38. The van der Waals surface area contributed by atoms with Gasteiger partial charge in [0.15, 0.2) is 0 Å². The van der Waals surface area contributed by atoms with Crippen molar-refractivity contribution in [2.24, 2.45) is 17.3 Å². The minimum atomic E-state index is -0.826. The third-order valence-corrected chi connectivity index (χ3v) is 4.42. The summed E-state index contributed by atoms with van der Waals surface area (Å²) in [4.78, 5) is 37.1. The minimum Gasteiger partial charge on any atom is -0.329 e. The van der Waals surface area contributed by atoms with E-state index in [0.717, 1.165) is 0 Å². The third-order valence-electron chi connectivity index (χ3n) is 4.42. The molecule has 1 fully saturated rings. The van der Waals surface area contributed by atoms with Gasteiger partial charge in [0.05, 0.1) is 17.5 Å². The Morgan fingerprint density at radius 1 is 1.29 bits per heavy atom. The van der Waals surface area contributed by atoms with Crippen LogP contribution in [0.1, 0.15) is 26.7 Å². The molecule has 0 aromatic heterocycles. The largest absolute Gasteiger partial charge is 0.329 e. The number of Topliss-reactive ketones (excluding diaryl/α,β-unsaturated/α-hetero) is 1. The first-order valence-corrected chi connectivity index (χ1v) is 7.87. The molecular weight excluding hydrogens is 311 g/mol. The zero-order valence-corrected chi connectivity index (χ0v) is 13.6. The summed E-state index contributed by atoms with van der Waals surface area (Å²) in [6.45, 7) is 3.81. The fraction of sp³-hybridized carbons (Fsp3) is 0.389. The van der Waals surface area contributed by atoms with E-state index in [1.54, 1.807) is 6.07 Å². The van der Waals surface area contributed by atoms with E-state index in [1.165, 1.54) is 18.2 Å². The van der Waals surface area contributed by atoms with Crippen molar-refractivity contribution >= 4 is 23.3 Å². The zero-order chi connectivity index (χ0) is 17.5. The van der Waals surface area contributed by atoms with Crippen molar-refractivity contribution in [3.8, 4) is 0 Å². The lowest BCUT2D eigenvalue weighted by Crippen LogP contribution is -2.49. The highest BCUT2D eigenvalue weighted by Crippen LogP contribution is 2.40. The summed E-state index contributed by atoms with van der Waals surface area (Å²) < 4.78 is 13.7. The van der Waals surface area contributed by atoms with E-state index in [9.17, 15) is 18.8 Å². The summed E-state index contributed by atoms with van der Waals surface area (Å²) >= 11 is 0. The molecule has 2 N–H and O–H groups in total. The zero-order valence-electron chi connectivity index (χ0n) is 13.6. The molecule has 6 heteroatoms. The molecule has 1 aromatic carbocycles. The number of piperidine rings is 1. The molecule has 1 aromatic rings. The number of ketones is 1. The van der Waals surface area contributed by atoms with Gasteiger partial charge >= 0.3 is 0 Å². The van der Waals surface area contributed by atoms with E-state index in [0.29, 0.717) is 12.1 Å². The van der Waals surface area contributed by atoms with Crippen LogP contribution in [0.25, 0.3) is 0 Å². The van der Waals surface area contributed by atoms with E-state index in [4.69, 9.17) is 0 Å². The average molecular weight is 330 g/mol. The summed E-state index contributed by atoms with van der Waals surface area (Å²) in [5.74, 6) is -2.96. The molecule has 24 heavy (non-hydrogen) atoms. The smallest absolute Gasteiger partial charge is 0.229 e. The van der Waals surface area contributed by atoms with E-state index < -0.39 is 23.6 Å². The van der Waals surface area contributed by atoms with Crippen LogP contribution in [0, 0.1) is 23.1 Å². The molecule has 126 valence electrons. The van der Waals surface area contributed by atoms with Crippen LogP contribution in [0.2, 0.25) is 0 Å². The molecule has 1 aliphatic carbocycles. The number of rotatable bonds is 2. The quantitative estimate of drug-likeness (QED) is 0.874. The van der Waals surface area contributed by atoms with E-state index in [2.05, 4.69) is 10.6 Å². The molecule has 1 heterocycles. The van der Waals surface area contributed by atoms with Gasteiger partial charge in [0.2, 0.25) is 11.8 Å². The van der Waals surface area contributed by atoms with Crippen molar-refractivity contribution < 1.29 is 18.8 Å². The maximum atomic E-state index is 13.7. The highest BCUT2D eigenvalue weighted by Gasteiger charge is 2.46. The van der Waals surface area contributed by atoms with Crippen LogP contribution >= 0.6 is 0 Å². The topological polar surface area (TPSA) is 75.3 Å². The second-order valence-electron chi connectivity index (χ2n) is 7.04. The number of carbonyl (C=O) groups excluding carboxylic acids is 3. The van der Waals surface area contributed by atoms with E-state index in [-0.39, 0.29) is 29.2 Å². The van der Waals surface area contributed by atoms with Gasteiger partial charge in [0.1, 0.15) is 11.6 Å². The van der Waals surface area contributed by atoms with Gasteiger partial charge in [-0.3, -0.25) is 14.4 Å². The Labute approximate surface area is 139 Å². The molecule has 0 radical (unpaired) electrons. The minimum absolute atomic E-state index is 0.0441. The number of hydrogen-bond donors (Lipinski definition) is 2. The van der Waals surface area contributed by atoms with Crippen molar-refractivity contribution in [3.05, 3.63) is 41.9 Å².